The number of rotatable bonds is 6. The van der Waals surface area contributed by atoms with E-state index < -0.39 is 6.10 Å². The highest BCUT2D eigenvalue weighted by atomic mass is 16.5. The summed E-state index contributed by atoms with van der Waals surface area (Å²) in [6.07, 6.45) is 5.33. The van der Waals surface area contributed by atoms with Crippen molar-refractivity contribution >= 4 is 0 Å². The second kappa shape index (κ2) is 6.11. The van der Waals surface area contributed by atoms with Crippen LogP contribution in [0.2, 0.25) is 0 Å². The molecule has 3 heteroatoms. The van der Waals surface area contributed by atoms with Crippen molar-refractivity contribution < 1.29 is 9.84 Å². The molecular formula is C16H31NO2. The summed E-state index contributed by atoms with van der Waals surface area (Å²) < 4.78 is 5.61. The third-order valence-electron chi connectivity index (χ3n) is 4.82. The first-order chi connectivity index (χ1) is 8.85. The van der Waals surface area contributed by atoms with E-state index in [0.717, 1.165) is 17.8 Å². The first-order valence-corrected chi connectivity index (χ1v) is 7.90. The van der Waals surface area contributed by atoms with E-state index in [0.29, 0.717) is 19.2 Å². The highest BCUT2D eigenvalue weighted by Crippen LogP contribution is 2.49. The van der Waals surface area contributed by atoms with E-state index in [2.05, 4.69) is 12.2 Å². The van der Waals surface area contributed by atoms with Gasteiger partial charge in [-0.1, -0.05) is 6.42 Å². The van der Waals surface area contributed by atoms with Gasteiger partial charge in [-0.05, 0) is 64.7 Å². The third kappa shape index (κ3) is 4.44. The molecule has 112 valence electrons. The Labute approximate surface area is 118 Å². The Kier molecular flexibility index (Phi) is 4.91. The minimum Gasteiger partial charge on any atom is -0.389 e. The van der Waals surface area contributed by atoms with Gasteiger partial charge < -0.3 is 15.2 Å². The maximum absolute atomic E-state index is 9.95. The van der Waals surface area contributed by atoms with Gasteiger partial charge in [0.2, 0.25) is 0 Å². The molecule has 0 aromatic heterocycles. The average Bonchev–Trinajstić information content (AvgIpc) is 2.94. The van der Waals surface area contributed by atoms with Gasteiger partial charge in [-0.3, -0.25) is 0 Å². The molecule has 2 aliphatic carbocycles. The van der Waals surface area contributed by atoms with Gasteiger partial charge in [-0.2, -0.15) is 0 Å². The lowest BCUT2D eigenvalue weighted by Crippen LogP contribution is -2.42. The van der Waals surface area contributed by atoms with Gasteiger partial charge in [0.1, 0.15) is 0 Å². The van der Waals surface area contributed by atoms with Crippen molar-refractivity contribution in [2.45, 2.75) is 71.1 Å². The van der Waals surface area contributed by atoms with Crippen molar-refractivity contribution in [3.63, 3.8) is 0 Å². The second-order valence-electron chi connectivity index (χ2n) is 7.61. The van der Waals surface area contributed by atoms with Crippen molar-refractivity contribution in [2.24, 2.45) is 17.8 Å². The van der Waals surface area contributed by atoms with Gasteiger partial charge in [0.25, 0.3) is 0 Å². The fourth-order valence-electron chi connectivity index (χ4n) is 3.78. The molecule has 2 N–H and O–H groups in total. The Morgan fingerprint density at radius 2 is 2.00 bits per heavy atom. The maximum Gasteiger partial charge on any atom is 0.0898 e. The largest absolute Gasteiger partial charge is 0.389 e. The fourth-order valence-corrected chi connectivity index (χ4v) is 3.78. The van der Waals surface area contributed by atoms with E-state index in [-0.39, 0.29) is 5.60 Å². The quantitative estimate of drug-likeness (QED) is 0.779. The van der Waals surface area contributed by atoms with E-state index in [4.69, 9.17) is 4.74 Å². The van der Waals surface area contributed by atoms with E-state index in [1.54, 1.807) is 0 Å². The summed E-state index contributed by atoms with van der Waals surface area (Å²) in [5, 5.41) is 13.5. The zero-order chi connectivity index (χ0) is 14.0. The second-order valence-corrected chi connectivity index (χ2v) is 7.61. The van der Waals surface area contributed by atoms with Crippen LogP contribution in [0.25, 0.3) is 0 Å². The van der Waals surface area contributed by atoms with Crippen molar-refractivity contribution in [1.29, 1.82) is 0 Å². The van der Waals surface area contributed by atoms with Gasteiger partial charge in [0.05, 0.1) is 18.3 Å². The van der Waals surface area contributed by atoms with Crippen LogP contribution in [-0.2, 0) is 4.74 Å². The molecule has 2 rings (SSSR count). The topological polar surface area (TPSA) is 41.5 Å². The number of hydrogen-bond donors (Lipinski definition) is 2. The Morgan fingerprint density at radius 3 is 2.53 bits per heavy atom. The number of hydrogen-bond acceptors (Lipinski definition) is 3. The molecule has 19 heavy (non-hydrogen) atoms. The molecule has 0 aliphatic heterocycles. The number of aliphatic hydroxyl groups is 1. The summed E-state index contributed by atoms with van der Waals surface area (Å²) in [5.74, 6) is 2.76. The highest BCUT2D eigenvalue weighted by Gasteiger charge is 2.41. The van der Waals surface area contributed by atoms with E-state index in [1.165, 1.54) is 25.7 Å². The van der Waals surface area contributed by atoms with Crippen molar-refractivity contribution in [3.05, 3.63) is 0 Å². The van der Waals surface area contributed by atoms with Crippen LogP contribution in [-0.4, -0.2) is 36.0 Å². The van der Waals surface area contributed by atoms with Crippen LogP contribution in [0.4, 0.5) is 0 Å². The first kappa shape index (κ1) is 15.3. The van der Waals surface area contributed by atoms with Crippen LogP contribution in [0, 0.1) is 17.8 Å². The predicted octanol–water partition coefficient (Wildman–Crippen LogP) is 2.58. The SMILES string of the molecule is CC(NCC(O)COC(C)(C)C)C1CC2CCC1C2. The molecule has 0 heterocycles. The predicted molar refractivity (Wildman–Crippen MR) is 78.1 cm³/mol. The molecule has 2 aliphatic rings. The Morgan fingerprint density at radius 1 is 1.26 bits per heavy atom. The van der Waals surface area contributed by atoms with Gasteiger partial charge in [0.15, 0.2) is 0 Å². The fraction of sp³-hybridized carbons (Fsp3) is 1.00. The Hall–Kier alpha value is -0.120. The Balaban J connectivity index is 1.65. The van der Waals surface area contributed by atoms with Gasteiger partial charge in [-0.15, -0.1) is 0 Å². The monoisotopic (exact) mass is 269 g/mol. The molecule has 0 aromatic carbocycles. The first-order valence-electron chi connectivity index (χ1n) is 7.90. The molecule has 0 spiro atoms. The van der Waals surface area contributed by atoms with E-state index in [9.17, 15) is 5.11 Å². The van der Waals surface area contributed by atoms with Crippen molar-refractivity contribution in [1.82, 2.24) is 5.32 Å². The smallest absolute Gasteiger partial charge is 0.0898 e. The normalized spacial score (nSPS) is 33.6. The molecule has 2 fully saturated rings. The summed E-state index contributed by atoms with van der Waals surface area (Å²) in [6.45, 7) is 9.40. The molecule has 0 aromatic rings. The summed E-state index contributed by atoms with van der Waals surface area (Å²) in [7, 11) is 0. The van der Waals surface area contributed by atoms with Crippen LogP contribution in [0.1, 0.15) is 53.4 Å². The standard InChI is InChI=1S/C16H31NO2/c1-11(15-8-12-5-6-13(15)7-12)17-9-14(18)10-19-16(2,3)4/h11-15,17-18H,5-10H2,1-4H3. The van der Waals surface area contributed by atoms with Crippen LogP contribution in [0.15, 0.2) is 0 Å². The lowest BCUT2D eigenvalue weighted by atomic mass is 9.84. The van der Waals surface area contributed by atoms with Crippen LogP contribution in [0.3, 0.4) is 0 Å². The maximum atomic E-state index is 9.95. The minimum absolute atomic E-state index is 0.169. The Bertz CT molecular complexity index is 287. The van der Waals surface area contributed by atoms with E-state index in [1.807, 2.05) is 20.8 Å². The third-order valence-corrected chi connectivity index (χ3v) is 4.82. The number of nitrogens with one attached hydrogen (secondary N) is 1. The zero-order valence-electron chi connectivity index (χ0n) is 13.0. The van der Waals surface area contributed by atoms with Gasteiger partial charge >= 0.3 is 0 Å². The van der Waals surface area contributed by atoms with E-state index >= 15 is 0 Å². The highest BCUT2D eigenvalue weighted by molar-refractivity contribution is 4.94. The molecule has 3 nitrogen and oxygen atoms in total. The molecule has 0 saturated heterocycles. The lowest BCUT2D eigenvalue weighted by molar-refractivity contribution is -0.0487. The molecule has 0 radical (unpaired) electrons. The molecule has 0 amide bonds. The lowest BCUT2D eigenvalue weighted by Gasteiger charge is -2.30. The number of fused-ring (bicyclic) bond motifs is 2. The molecule has 5 unspecified atom stereocenters. The summed E-state index contributed by atoms with van der Waals surface area (Å²) in [5.41, 5.74) is -0.169. The molecular weight excluding hydrogens is 238 g/mol. The van der Waals surface area contributed by atoms with Gasteiger partial charge in [0, 0.05) is 12.6 Å². The van der Waals surface area contributed by atoms with Crippen molar-refractivity contribution in [3.8, 4) is 0 Å². The number of ether oxygens (including phenoxy) is 1. The average molecular weight is 269 g/mol. The summed E-state index contributed by atoms with van der Waals surface area (Å²) >= 11 is 0. The molecule has 5 atom stereocenters. The van der Waals surface area contributed by atoms with Crippen LogP contribution < -0.4 is 5.32 Å². The molecule has 2 saturated carbocycles. The minimum atomic E-state index is -0.403. The van der Waals surface area contributed by atoms with Crippen LogP contribution >= 0.6 is 0 Å². The summed E-state index contributed by atoms with van der Waals surface area (Å²) in [4.78, 5) is 0. The van der Waals surface area contributed by atoms with Crippen molar-refractivity contribution in [2.75, 3.05) is 13.2 Å². The van der Waals surface area contributed by atoms with Gasteiger partial charge in [-0.25, -0.2) is 0 Å². The number of aliphatic hydroxyl groups excluding tert-OH is 1. The zero-order valence-corrected chi connectivity index (χ0v) is 13.0. The molecule has 2 bridgehead atoms. The summed E-state index contributed by atoms with van der Waals surface area (Å²) in [6, 6.07) is 0.527. The van der Waals surface area contributed by atoms with Crippen LogP contribution in [0.5, 0.6) is 0 Å².